The van der Waals surface area contributed by atoms with E-state index in [2.05, 4.69) is 42.6 Å². The maximum Gasteiger partial charge on any atom is 0.216 e. The predicted molar refractivity (Wildman–Crippen MR) is 108 cm³/mol. The number of aromatic nitrogens is 4. The molecule has 0 amide bonds. The van der Waals surface area contributed by atoms with Crippen molar-refractivity contribution in [1.82, 2.24) is 24.4 Å². The highest BCUT2D eigenvalue weighted by molar-refractivity contribution is 5.39. The molecule has 29 heavy (non-hydrogen) atoms. The van der Waals surface area contributed by atoms with E-state index in [0.717, 1.165) is 24.7 Å². The highest BCUT2D eigenvalue weighted by atomic mass is 16.5. The molecule has 0 spiro atoms. The summed E-state index contributed by atoms with van der Waals surface area (Å²) in [6, 6.07) is 10.5. The predicted octanol–water partition coefficient (Wildman–Crippen LogP) is 2.78. The van der Waals surface area contributed by atoms with E-state index in [9.17, 15) is 0 Å². The van der Waals surface area contributed by atoms with Crippen LogP contribution in [0, 0.1) is 18.8 Å². The van der Waals surface area contributed by atoms with E-state index in [1.54, 1.807) is 6.20 Å². The molecule has 7 nitrogen and oxygen atoms in total. The molecule has 3 atom stereocenters. The van der Waals surface area contributed by atoms with Gasteiger partial charge in [0.15, 0.2) is 0 Å². The van der Waals surface area contributed by atoms with Crippen LogP contribution >= 0.6 is 0 Å². The summed E-state index contributed by atoms with van der Waals surface area (Å²) < 4.78 is 14.3. The standard InChI is InChI=1S/C22H25N5O2/c1-15-24-8-7-21(25-15)29-12-16-10-27(11-17-9-23-14-26(17)2)22-18-5-3-4-6-20(18)28-13-19(16)22/h3-9,14,16,19,22H,10-13H2,1-2H3/t16-,19-,22-/m0/s1. The monoisotopic (exact) mass is 391 g/mol. The Bertz CT molecular complexity index is 1000. The van der Waals surface area contributed by atoms with E-state index < -0.39 is 0 Å². The van der Waals surface area contributed by atoms with Crippen LogP contribution in [-0.2, 0) is 13.6 Å². The summed E-state index contributed by atoms with van der Waals surface area (Å²) in [5.74, 6) is 3.09. The molecule has 0 N–H and O–H groups in total. The number of ether oxygens (including phenoxy) is 2. The van der Waals surface area contributed by atoms with E-state index in [-0.39, 0.29) is 0 Å². The maximum atomic E-state index is 6.12. The number of benzene rings is 1. The largest absolute Gasteiger partial charge is 0.493 e. The number of hydrogen-bond acceptors (Lipinski definition) is 6. The van der Waals surface area contributed by atoms with Gasteiger partial charge >= 0.3 is 0 Å². The molecule has 0 radical (unpaired) electrons. The Hall–Kier alpha value is -2.93. The quantitative estimate of drug-likeness (QED) is 0.666. The lowest BCUT2D eigenvalue weighted by molar-refractivity contribution is 0.121. The van der Waals surface area contributed by atoms with Crippen molar-refractivity contribution < 1.29 is 9.47 Å². The molecular weight excluding hydrogens is 366 g/mol. The Morgan fingerprint density at radius 1 is 1.24 bits per heavy atom. The zero-order chi connectivity index (χ0) is 19.8. The van der Waals surface area contributed by atoms with Crippen LogP contribution in [0.4, 0.5) is 0 Å². The summed E-state index contributed by atoms with van der Waals surface area (Å²) in [5.41, 5.74) is 2.48. The highest BCUT2D eigenvalue weighted by Gasteiger charge is 2.46. The van der Waals surface area contributed by atoms with Gasteiger partial charge in [-0.25, -0.2) is 9.97 Å². The minimum Gasteiger partial charge on any atom is -0.493 e. The molecule has 5 rings (SSSR count). The van der Waals surface area contributed by atoms with Gasteiger partial charge in [0.05, 0.1) is 25.2 Å². The number of para-hydroxylation sites is 1. The molecule has 1 fully saturated rings. The van der Waals surface area contributed by atoms with Crippen LogP contribution in [0.1, 0.15) is 23.1 Å². The van der Waals surface area contributed by atoms with Gasteiger partial charge in [-0.15, -0.1) is 0 Å². The van der Waals surface area contributed by atoms with Crippen LogP contribution in [0.25, 0.3) is 0 Å². The fourth-order valence-corrected chi connectivity index (χ4v) is 4.57. The molecule has 1 aromatic carbocycles. The second-order valence-electron chi connectivity index (χ2n) is 7.90. The van der Waals surface area contributed by atoms with E-state index in [1.165, 1.54) is 11.3 Å². The van der Waals surface area contributed by atoms with Crippen LogP contribution < -0.4 is 9.47 Å². The van der Waals surface area contributed by atoms with Gasteiger partial charge in [-0.05, 0) is 13.0 Å². The second-order valence-corrected chi connectivity index (χ2v) is 7.90. The Morgan fingerprint density at radius 2 is 2.14 bits per heavy atom. The summed E-state index contributed by atoms with van der Waals surface area (Å²) in [7, 11) is 2.05. The van der Waals surface area contributed by atoms with Crippen LogP contribution in [0.15, 0.2) is 49.1 Å². The summed E-state index contributed by atoms with van der Waals surface area (Å²) >= 11 is 0. The van der Waals surface area contributed by atoms with Crippen molar-refractivity contribution in [2.24, 2.45) is 18.9 Å². The van der Waals surface area contributed by atoms with Gasteiger partial charge < -0.3 is 14.0 Å². The molecule has 3 aromatic rings. The maximum absolute atomic E-state index is 6.12. The normalized spacial score (nSPS) is 23.3. The summed E-state index contributed by atoms with van der Waals surface area (Å²) in [4.78, 5) is 15.4. The molecule has 150 valence electrons. The van der Waals surface area contributed by atoms with Gasteiger partial charge in [0, 0.05) is 62.0 Å². The van der Waals surface area contributed by atoms with Gasteiger partial charge in [0.2, 0.25) is 5.88 Å². The number of hydrogen-bond donors (Lipinski definition) is 0. The lowest BCUT2D eigenvalue weighted by Gasteiger charge is -2.34. The molecule has 2 aliphatic heterocycles. The second kappa shape index (κ2) is 7.48. The van der Waals surface area contributed by atoms with E-state index in [1.807, 2.05) is 38.6 Å². The molecule has 4 heterocycles. The van der Waals surface area contributed by atoms with Gasteiger partial charge in [0.25, 0.3) is 0 Å². The van der Waals surface area contributed by atoms with Crippen LogP contribution in [-0.4, -0.2) is 44.2 Å². The first-order chi connectivity index (χ1) is 14.2. The minimum absolute atomic E-state index is 0.315. The van der Waals surface area contributed by atoms with Crippen molar-refractivity contribution in [2.75, 3.05) is 19.8 Å². The van der Waals surface area contributed by atoms with E-state index >= 15 is 0 Å². The average Bonchev–Trinajstić information content (AvgIpc) is 3.30. The Morgan fingerprint density at radius 3 is 2.97 bits per heavy atom. The highest BCUT2D eigenvalue weighted by Crippen LogP contribution is 2.47. The number of likely N-dealkylation sites (tertiary alicyclic amines) is 1. The first kappa shape index (κ1) is 18.1. The molecule has 0 bridgehead atoms. The summed E-state index contributed by atoms with van der Waals surface area (Å²) in [6.07, 6.45) is 5.55. The fourth-order valence-electron chi connectivity index (χ4n) is 4.57. The van der Waals surface area contributed by atoms with Crippen molar-refractivity contribution in [3.63, 3.8) is 0 Å². The zero-order valence-corrected chi connectivity index (χ0v) is 16.7. The first-order valence-electron chi connectivity index (χ1n) is 10.0. The minimum atomic E-state index is 0.315. The van der Waals surface area contributed by atoms with Crippen LogP contribution in [0.5, 0.6) is 11.6 Å². The average molecular weight is 391 g/mol. The molecule has 2 aromatic heterocycles. The van der Waals surface area contributed by atoms with E-state index in [0.29, 0.717) is 37.0 Å². The molecule has 0 aliphatic carbocycles. The topological polar surface area (TPSA) is 65.3 Å². The Kier molecular flexibility index (Phi) is 4.67. The van der Waals surface area contributed by atoms with Crippen molar-refractivity contribution in [3.05, 3.63) is 66.1 Å². The van der Waals surface area contributed by atoms with Gasteiger partial charge in [-0.1, -0.05) is 18.2 Å². The van der Waals surface area contributed by atoms with Gasteiger partial charge in [0.1, 0.15) is 11.6 Å². The Labute approximate surface area is 170 Å². The van der Waals surface area contributed by atoms with E-state index in [4.69, 9.17) is 9.47 Å². The number of aryl methyl sites for hydroxylation is 2. The first-order valence-corrected chi connectivity index (χ1v) is 10.0. The molecule has 2 aliphatic rings. The van der Waals surface area contributed by atoms with Crippen molar-refractivity contribution in [1.29, 1.82) is 0 Å². The molecule has 0 saturated carbocycles. The van der Waals surface area contributed by atoms with Gasteiger partial charge in [-0.3, -0.25) is 4.90 Å². The zero-order valence-electron chi connectivity index (χ0n) is 16.7. The summed E-state index contributed by atoms with van der Waals surface area (Å²) in [5, 5.41) is 0. The third-order valence-corrected chi connectivity index (χ3v) is 6.02. The van der Waals surface area contributed by atoms with Crippen molar-refractivity contribution in [3.8, 4) is 11.6 Å². The summed E-state index contributed by atoms with van der Waals surface area (Å²) in [6.45, 7) is 5.00. The molecule has 1 saturated heterocycles. The molecular formula is C22H25N5O2. The fraction of sp³-hybridized carbons (Fsp3) is 0.409. The number of nitrogens with zero attached hydrogens (tertiary/aromatic N) is 5. The van der Waals surface area contributed by atoms with Crippen LogP contribution in [0.3, 0.4) is 0 Å². The third-order valence-electron chi connectivity index (χ3n) is 6.02. The number of rotatable bonds is 5. The Balaban J connectivity index is 1.40. The molecule has 0 unspecified atom stereocenters. The number of imidazole rings is 1. The molecule has 7 heteroatoms. The van der Waals surface area contributed by atoms with Gasteiger partial charge in [-0.2, -0.15) is 4.98 Å². The lowest BCUT2D eigenvalue weighted by Crippen LogP contribution is -2.32. The van der Waals surface area contributed by atoms with Crippen molar-refractivity contribution >= 4 is 0 Å². The SMILES string of the molecule is Cc1nccc(OC[C@@H]2CN(Cc3cncn3C)[C@H]3c4ccccc4OC[C@@H]23)n1. The van der Waals surface area contributed by atoms with Crippen molar-refractivity contribution in [2.45, 2.75) is 19.5 Å². The number of fused-ring (bicyclic) bond motifs is 3. The van der Waals surface area contributed by atoms with Crippen LogP contribution in [0.2, 0.25) is 0 Å². The lowest BCUT2D eigenvalue weighted by atomic mass is 9.85. The third kappa shape index (κ3) is 3.46. The smallest absolute Gasteiger partial charge is 0.216 e.